The molecule has 0 spiro atoms. The number of nitrogens with one attached hydrogen (secondary N) is 3. The summed E-state index contributed by atoms with van der Waals surface area (Å²) < 4.78 is 86.6. The highest BCUT2D eigenvalue weighted by Gasteiger charge is 2.49. The maximum absolute atomic E-state index is 13.5. The average Bonchev–Trinajstić information content (AvgIpc) is 3.24. The van der Waals surface area contributed by atoms with Crippen LogP contribution in [0, 0.1) is 0 Å². The molecule has 34 heavy (non-hydrogen) atoms. The molecule has 5 rings (SSSR count). The Hall–Kier alpha value is -3.74. The molecule has 0 fully saturated rings. The minimum absolute atomic E-state index is 0.198. The molecule has 0 aliphatic carbocycles. The van der Waals surface area contributed by atoms with Crippen LogP contribution in [0.2, 0.25) is 0 Å². The second kappa shape index (κ2) is 7.94. The van der Waals surface area contributed by atoms with Crippen molar-refractivity contribution in [3.63, 3.8) is 0 Å². The van der Waals surface area contributed by atoms with Crippen molar-refractivity contribution in [3.8, 4) is 5.75 Å². The smallest absolute Gasteiger partial charge is 0.436 e. The average molecular weight is 482 g/mol. The summed E-state index contributed by atoms with van der Waals surface area (Å²) in [6.07, 6.45) is -8.86. The fourth-order valence-electron chi connectivity index (χ4n) is 3.83. The Morgan fingerprint density at radius 3 is 2.47 bits per heavy atom. The van der Waals surface area contributed by atoms with Crippen LogP contribution in [0.5, 0.6) is 5.75 Å². The zero-order valence-corrected chi connectivity index (χ0v) is 17.1. The molecule has 0 saturated carbocycles. The molecule has 178 valence electrons. The summed E-state index contributed by atoms with van der Waals surface area (Å²) in [5.74, 6) is -1.78. The summed E-state index contributed by atoms with van der Waals surface area (Å²) in [6.45, 7) is 0.824. The van der Waals surface area contributed by atoms with E-state index in [4.69, 9.17) is 4.74 Å². The molecule has 0 bridgehead atoms. The van der Waals surface area contributed by atoms with E-state index in [1.165, 1.54) is 6.07 Å². The Morgan fingerprint density at radius 1 is 0.971 bits per heavy atom. The SMILES string of the molecule is FC(F)(F)C1=NNC2c3ccccc3C(Oc3cc(C(F)(F)F)ccc3C3=CNCNC3)=NN12. The summed E-state index contributed by atoms with van der Waals surface area (Å²) in [5.41, 5.74) is 3.09. The molecule has 3 aliphatic rings. The van der Waals surface area contributed by atoms with E-state index in [2.05, 4.69) is 26.3 Å². The first-order chi connectivity index (χ1) is 16.1. The van der Waals surface area contributed by atoms with Crippen molar-refractivity contribution >= 4 is 17.3 Å². The number of amidine groups is 1. The molecule has 0 radical (unpaired) electrons. The van der Waals surface area contributed by atoms with Gasteiger partial charge in [0.1, 0.15) is 5.75 Å². The number of halogens is 6. The van der Waals surface area contributed by atoms with Crippen LogP contribution in [0.25, 0.3) is 5.57 Å². The highest BCUT2D eigenvalue weighted by Crippen LogP contribution is 2.39. The molecule has 2 aromatic carbocycles. The monoisotopic (exact) mass is 482 g/mol. The number of alkyl halides is 6. The third-order valence-corrected chi connectivity index (χ3v) is 5.37. The third kappa shape index (κ3) is 3.91. The van der Waals surface area contributed by atoms with E-state index in [-0.39, 0.29) is 11.6 Å². The number of benzene rings is 2. The maximum Gasteiger partial charge on any atom is 0.453 e. The van der Waals surface area contributed by atoms with E-state index < -0.39 is 29.9 Å². The van der Waals surface area contributed by atoms with Crippen LogP contribution in [0.15, 0.2) is 58.9 Å². The normalized spacial score (nSPS) is 19.8. The van der Waals surface area contributed by atoms with Gasteiger partial charge in [0.05, 0.1) is 12.2 Å². The molecule has 0 aromatic heterocycles. The topological polar surface area (TPSA) is 73.3 Å². The number of hydrogen-bond acceptors (Lipinski definition) is 7. The molecule has 1 unspecified atom stereocenters. The summed E-state index contributed by atoms with van der Waals surface area (Å²) in [4.78, 5) is 0. The van der Waals surface area contributed by atoms with Gasteiger partial charge in [-0.05, 0) is 23.8 Å². The molecule has 0 amide bonds. The molecule has 0 saturated heterocycles. The summed E-state index contributed by atoms with van der Waals surface area (Å²) >= 11 is 0. The molecular weight excluding hydrogens is 466 g/mol. The fraction of sp³-hybridized carbons (Fsp3) is 0.238. The maximum atomic E-state index is 13.5. The van der Waals surface area contributed by atoms with Gasteiger partial charge in [0, 0.05) is 29.4 Å². The highest BCUT2D eigenvalue weighted by molar-refractivity contribution is 6.01. The third-order valence-electron chi connectivity index (χ3n) is 5.37. The number of fused-ring (bicyclic) bond motifs is 3. The van der Waals surface area contributed by atoms with Gasteiger partial charge in [-0.15, -0.1) is 5.10 Å². The largest absolute Gasteiger partial charge is 0.453 e. The molecule has 13 heteroatoms. The predicted molar refractivity (Wildman–Crippen MR) is 110 cm³/mol. The summed E-state index contributed by atoms with van der Waals surface area (Å²) in [7, 11) is 0. The molecule has 3 N–H and O–H groups in total. The van der Waals surface area contributed by atoms with Gasteiger partial charge in [-0.25, -0.2) is 5.01 Å². The van der Waals surface area contributed by atoms with E-state index in [1.807, 2.05) is 0 Å². The standard InChI is InChI=1S/C21H16F6N6O/c22-20(23,24)12-5-6-13(11-8-28-10-29-9-11)16(7-12)34-18-15-4-2-1-3-14(15)17-30-31-19(21(25,26)27)33(17)32-18/h1-8,17,28-30H,9-10H2. The zero-order chi connectivity index (χ0) is 24.1. The van der Waals surface area contributed by atoms with Crippen LogP contribution in [-0.2, 0) is 6.18 Å². The van der Waals surface area contributed by atoms with Crippen molar-refractivity contribution in [2.75, 3.05) is 13.2 Å². The minimum Gasteiger partial charge on any atom is -0.436 e. The fourth-order valence-corrected chi connectivity index (χ4v) is 3.83. The van der Waals surface area contributed by atoms with Crippen LogP contribution in [0.1, 0.15) is 28.4 Å². The van der Waals surface area contributed by atoms with E-state index >= 15 is 0 Å². The van der Waals surface area contributed by atoms with Gasteiger partial charge in [-0.2, -0.15) is 31.4 Å². The Labute approximate surface area is 188 Å². The van der Waals surface area contributed by atoms with E-state index in [0.717, 1.165) is 12.1 Å². The van der Waals surface area contributed by atoms with Crippen molar-refractivity contribution in [2.45, 2.75) is 18.5 Å². The van der Waals surface area contributed by atoms with Gasteiger partial charge in [0.25, 0.3) is 5.84 Å². The van der Waals surface area contributed by atoms with Crippen LogP contribution < -0.4 is 20.8 Å². The number of nitrogens with zero attached hydrogens (tertiary/aromatic N) is 3. The minimum atomic E-state index is -4.81. The van der Waals surface area contributed by atoms with Gasteiger partial charge >= 0.3 is 12.4 Å². The van der Waals surface area contributed by atoms with Gasteiger partial charge in [-0.3, -0.25) is 10.7 Å². The van der Waals surface area contributed by atoms with Gasteiger partial charge in [0.15, 0.2) is 6.17 Å². The Bertz CT molecular complexity index is 1220. The second-order valence-electron chi connectivity index (χ2n) is 7.59. The number of hydrogen-bond donors (Lipinski definition) is 3. The lowest BCUT2D eigenvalue weighted by atomic mass is 10.0. The first kappa shape index (κ1) is 22.1. The van der Waals surface area contributed by atoms with E-state index in [1.54, 1.807) is 30.5 Å². The number of rotatable bonds is 2. The summed E-state index contributed by atoms with van der Waals surface area (Å²) in [5, 5.41) is 13.9. The Morgan fingerprint density at radius 2 is 1.76 bits per heavy atom. The van der Waals surface area contributed by atoms with Crippen LogP contribution in [-0.4, -0.2) is 36.1 Å². The van der Waals surface area contributed by atoms with Gasteiger partial charge in [-0.1, -0.05) is 24.3 Å². The first-order valence-electron chi connectivity index (χ1n) is 10.0. The van der Waals surface area contributed by atoms with Crippen molar-refractivity contribution in [2.24, 2.45) is 10.2 Å². The highest BCUT2D eigenvalue weighted by atomic mass is 19.4. The van der Waals surface area contributed by atoms with Crippen molar-refractivity contribution in [3.05, 3.63) is 70.9 Å². The summed E-state index contributed by atoms with van der Waals surface area (Å²) in [6, 6.07) is 9.36. The van der Waals surface area contributed by atoms with Gasteiger partial charge in [0.2, 0.25) is 5.90 Å². The van der Waals surface area contributed by atoms with Gasteiger partial charge < -0.3 is 10.1 Å². The molecule has 3 heterocycles. The van der Waals surface area contributed by atoms with E-state index in [9.17, 15) is 26.3 Å². The van der Waals surface area contributed by atoms with Crippen molar-refractivity contribution < 1.29 is 31.1 Å². The first-order valence-corrected chi connectivity index (χ1v) is 10.0. The molecule has 3 aliphatic heterocycles. The zero-order valence-electron chi connectivity index (χ0n) is 17.1. The Balaban J connectivity index is 1.61. The van der Waals surface area contributed by atoms with Crippen molar-refractivity contribution in [1.82, 2.24) is 21.1 Å². The molecule has 7 nitrogen and oxygen atoms in total. The lowest BCUT2D eigenvalue weighted by molar-refractivity contribution is -0.137. The molecule has 1 atom stereocenters. The number of ether oxygens (including phenoxy) is 1. The second-order valence-corrected chi connectivity index (χ2v) is 7.59. The lowest BCUT2D eigenvalue weighted by Crippen LogP contribution is -2.41. The lowest BCUT2D eigenvalue weighted by Gasteiger charge is -2.30. The predicted octanol–water partition coefficient (Wildman–Crippen LogP) is 3.73. The quantitative estimate of drug-likeness (QED) is 0.569. The van der Waals surface area contributed by atoms with Crippen LogP contribution >= 0.6 is 0 Å². The van der Waals surface area contributed by atoms with E-state index in [0.29, 0.717) is 40.5 Å². The van der Waals surface area contributed by atoms with Crippen molar-refractivity contribution in [1.29, 1.82) is 0 Å². The Kier molecular flexibility index (Phi) is 5.15. The molecule has 2 aromatic rings. The van der Waals surface area contributed by atoms with Crippen LogP contribution in [0.4, 0.5) is 26.3 Å². The molecular formula is C21H16F6N6O. The number of hydrazone groups is 2. The van der Waals surface area contributed by atoms with Crippen LogP contribution in [0.3, 0.4) is 0 Å².